The highest BCUT2D eigenvalue weighted by atomic mass is 19.1. The van der Waals surface area contributed by atoms with E-state index in [4.69, 9.17) is 5.73 Å². The fourth-order valence-corrected chi connectivity index (χ4v) is 2.33. The van der Waals surface area contributed by atoms with Crippen molar-refractivity contribution >= 4 is 5.69 Å². The first-order chi connectivity index (χ1) is 8.08. The Kier molecular flexibility index (Phi) is 3.64. The molecule has 17 heavy (non-hydrogen) atoms. The van der Waals surface area contributed by atoms with Gasteiger partial charge in [-0.25, -0.2) is 4.39 Å². The minimum absolute atomic E-state index is 0.201. The van der Waals surface area contributed by atoms with Crippen LogP contribution in [0.25, 0.3) is 0 Å². The van der Waals surface area contributed by atoms with Gasteiger partial charge in [0.15, 0.2) is 5.82 Å². The monoisotopic (exact) mass is 238 g/mol. The summed E-state index contributed by atoms with van der Waals surface area (Å²) in [5.41, 5.74) is 6.38. The number of hydrogen-bond acceptors (Lipinski definition) is 3. The topological polar surface area (TPSA) is 49.5 Å². The van der Waals surface area contributed by atoms with Crippen LogP contribution in [0.15, 0.2) is 18.2 Å². The average Bonchev–Trinajstić information content (AvgIpc) is 2.30. The van der Waals surface area contributed by atoms with Gasteiger partial charge in [0.25, 0.3) is 0 Å². The number of piperidine rings is 1. The van der Waals surface area contributed by atoms with Gasteiger partial charge in [0.2, 0.25) is 0 Å². The number of hydrogen-bond donors (Lipinski definition) is 2. The maximum Gasteiger partial charge on any atom is 0.150 e. The van der Waals surface area contributed by atoms with Gasteiger partial charge in [-0.15, -0.1) is 0 Å². The Labute approximate surface area is 101 Å². The molecule has 0 aromatic heterocycles. The van der Waals surface area contributed by atoms with Gasteiger partial charge in [0, 0.05) is 25.2 Å². The van der Waals surface area contributed by atoms with Crippen molar-refractivity contribution in [3.8, 4) is 0 Å². The molecule has 1 aromatic rings. The van der Waals surface area contributed by atoms with Gasteiger partial charge in [-0.1, -0.05) is 19.1 Å². The molecule has 1 heterocycles. The number of nitrogen functional groups attached to an aromatic ring is 1. The summed E-state index contributed by atoms with van der Waals surface area (Å²) in [7, 11) is 0. The molecule has 1 saturated heterocycles. The molecule has 4 heteroatoms. The third kappa shape index (κ3) is 2.76. The first kappa shape index (κ1) is 12.3. The van der Waals surface area contributed by atoms with Crippen LogP contribution < -0.4 is 5.73 Å². The third-order valence-corrected chi connectivity index (χ3v) is 3.45. The van der Waals surface area contributed by atoms with Crippen molar-refractivity contribution in [3.05, 3.63) is 29.6 Å². The zero-order valence-electron chi connectivity index (χ0n) is 10.1. The Morgan fingerprint density at radius 2 is 2.29 bits per heavy atom. The number of aliphatic hydroxyl groups excluding tert-OH is 1. The number of halogens is 1. The molecular formula is C13H19FN2O. The van der Waals surface area contributed by atoms with Gasteiger partial charge < -0.3 is 10.8 Å². The molecule has 0 aliphatic carbocycles. The highest BCUT2D eigenvalue weighted by Crippen LogP contribution is 2.21. The van der Waals surface area contributed by atoms with Crippen molar-refractivity contribution in [1.29, 1.82) is 0 Å². The summed E-state index contributed by atoms with van der Waals surface area (Å²) in [4.78, 5) is 2.16. The van der Waals surface area contributed by atoms with Gasteiger partial charge >= 0.3 is 0 Å². The largest absolute Gasteiger partial charge is 0.396 e. The summed E-state index contributed by atoms with van der Waals surface area (Å²) < 4.78 is 13.7. The lowest BCUT2D eigenvalue weighted by atomic mass is 9.96. The maximum atomic E-state index is 13.7. The van der Waals surface area contributed by atoms with Crippen molar-refractivity contribution in [2.24, 2.45) is 5.92 Å². The van der Waals surface area contributed by atoms with E-state index in [-0.39, 0.29) is 23.5 Å². The molecule has 3 N–H and O–H groups in total. The van der Waals surface area contributed by atoms with Crippen molar-refractivity contribution < 1.29 is 9.50 Å². The zero-order valence-corrected chi connectivity index (χ0v) is 10.1. The summed E-state index contributed by atoms with van der Waals surface area (Å²) in [6.07, 6.45) is 0.530. The summed E-state index contributed by atoms with van der Waals surface area (Å²) in [5.74, 6) is -0.0702. The van der Waals surface area contributed by atoms with Crippen molar-refractivity contribution in [3.63, 3.8) is 0 Å². The SMILES string of the molecule is CC1CN(Cc2cccc(N)c2F)CCC1O. The molecule has 94 valence electrons. The lowest BCUT2D eigenvalue weighted by Gasteiger charge is -2.34. The first-order valence-corrected chi connectivity index (χ1v) is 6.01. The second-order valence-electron chi connectivity index (χ2n) is 4.89. The number of nitrogens with two attached hydrogens (primary N) is 1. The van der Waals surface area contributed by atoms with Gasteiger partial charge in [-0.05, 0) is 18.4 Å². The molecule has 1 aromatic carbocycles. The van der Waals surface area contributed by atoms with Crippen LogP contribution in [0.2, 0.25) is 0 Å². The van der Waals surface area contributed by atoms with Crippen LogP contribution in [0.5, 0.6) is 0 Å². The van der Waals surface area contributed by atoms with E-state index in [9.17, 15) is 9.50 Å². The summed E-state index contributed by atoms with van der Waals surface area (Å²) in [6.45, 7) is 4.19. The normalized spacial score (nSPS) is 26.1. The van der Waals surface area contributed by atoms with Crippen LogP contribution in [-0.2, 0) is 6.54 Å². The third-order valence-electron chi connectivity index (χ3n) is 3.45. The van der Waals surface area contributed by atoms with Crippen LogP contribution in [0, 0.1) is 11.7 Å². The molecule has 3 nitrogen and oxygen atoms in total. The van der Waals surface area contributed by atoms with E-state index >= 15 is 0 Å². The van der Waals surface area contributed by atoms with Crippen LogP contribution in [0.3, 0.4) is 0 Å². The molecule has 0 amide bonds. The van der Waals surface area contributed by atoms with E-state index in [0.29, 0.717) is 12.1 Å². The fourth-order valence-electron chi connectivity index (χ4n) is 2.33. The van der Waals surface area contributed by atoms with Crippen LogP contribution >= 0.6 is 0 Å². The molecule has 2 rings (SSSR count). The summed E-state index contributed by atoms with van der Waals surface area (Å²) >= 11 is 0. The average molecular weight is 238 g/mol. The second kappa shape index (κ2) is 5.02. The lowest BCUT2D eigenvalue weighted by Crippen LogP contribution is -2.41. The van der Waals surface area contributed by atoms with E-state index in [2.05, 4.69) is 4.90 Å². The Hall–Kier alpha value is -1.13. The van der Waals surface area contributed by atoms with Crippen molar-refractivity contribution in [2.75, 3.05) is 18.8 Å². The standard InChI is InChI=1S/C13H19FN2O/c1-9-7-16(6-5-12(9)17)8-10-3-2-4-11(15)13(10)14/h2-4,9,12,17H,5-8,15H2,1H3. The molecule has 1 fully saturated rings. The molecule has 1 aliphatic heterocycles. The van der Waals surface area contributed by atoms with Crippen LogP contribution in [0.4, 0.5) is 10.1 Å². The van der Waals surface area contributed by atoms with Crippen molar-refractivity contribution in [1.82, 2.24) is 4.90 Å². The number of likely N-dealkylation sites (tertiary alicyclic amines) is 1. The Morgan fingerprint density at radius 1 is 1.53 bits per heavy atom. The van der Waals surface area contributed by atoms with Crippen molar-refractivity contribution in [2.45, 2.75) is 26.0 Å². The van der Waals surface area contributed by atoms with Gasteiger partial charge in [0.05, 0.1) is 11.8 Å². The van der Waals surface area contributed by atoms with E-state index in [1.807, 2.05) is 6.92 Å². The Morgan fingerprint density at radius 3 is 3.00 bits per heavy atom. The summed E-state index contributed by atoms with van der Waals surface area (Å²) in [5, 5.41) is 9.64. The molecule has 0 radical (unpaired) electrons. The van der Waals surface area contributed by atoms with Crippen LogP contribution in [-0.4, -0.2) is 29.2 Å². The molecule has 0 spiro atoms. The zero-order chi connectivity index (χ0) is 12.4. The molecule has 0 bridgehead atoms. The van der Waals surface area contributed by atoms with Crippen LogP contribution in [0.1, 0.15) is 18.9 Å². The molecule has 2 atom stereocenters. The number of aliphatic hydroxyl groups is 1. The molecule has 2 unspecified atom stereocenters. The first-order valence-electron chi connectivity index (χ1n) is 6.01. The summed E-state index contributed by atoms with van der Waals surface area (Å²) in [6, 6.07) is 5.11. The Balaban J connectivity index is 2.04. The van der Waals surface area contributed by atoms with E-state index in [1.165, 1.54) is 0 Å². The maximum absolute atomic E-state index is 13.7. The number of nitrogens with zero attached hydrogens (tertiary/aromatic N) is 1. The van der Waals surface area contributed by atoms with E-state index in [0.717, 1.165) is 19.5 Å². The van der Waals surface area contributed by atoms with Gasteiger partial charge in [-0.2, -0.15) is 0 Å². The molecule has 1 aliphatic rings. The highest BCUT2D eigenvalue weighted by molar-refractivity contribution is 5.42. The minimum Gasteiger partial charge on any atom is -0.396 e. The van der Waals surface area contributed by atoms with E-state index in [1.54, 1.807) is 18.2 Å². The quantitative estimate of drug-likeness (QED) is 0.770. The molecule has 0 saturated carbocycles. The minimum atomic E-state index is -0.314. The number of rotatable bonds is 2. The smallest absolute Gasteiger partial charge is 0.150 e. The highest BCUT2D eigenvalue weighted by Gasteiger charge is 2.24. The lowest BCUT2D eigenvalue weighted by molar-refractivity contribution is 0.0317. The fraction of sp³-hybridized carbons (Fsp3) is 0.538. The predicted octanol–water partition coefficient (Wildman–Crippen LogP) is 1.61. The van der Waals surface area contributed by atoms with Gasteiger partial charge in [-0.3, -0.25) is 4.90 Å². The van der Waals surface area contributed by atoms with E-state index < -0.39 is 0 Å². The molecular weight excluding hydrogens is 219 g/mol. The predicted molar refractivity (Wildman–Crippen MR) is 65.9 cm³/mol. The second-order valence-corrected chi connectivity index (χ2v) is 4.89. The number of anilines is 1. The number of benzene rings is 1. The van der Waals surface area contributed by atoms with Gasteiger partial charge in [0.1, 0.15) is 0 Å². The Bertz CT molecular complexity index is 397.